The summed E-state index contributed by atoms with van der Waals surface area (Å²) in [5.74, 6) is -0.527. The van der Waals surface area contributed by atoms with Crippen molar-refractivity contribution in [3.8, 4) is 0 Å². The molecule has 1 aliphatic heterocycles. The first-order chi connectivity index (χ1) is 13.6. The number of aryl methyl sites for hydroxylation is 1. The maximum Gasteiger partial charge on any atom is 0.318 e. The summed E-state index contributed by atoms with van der Waals surface area (Å²) in [7, 11) is 0. The number of nitrogens with zero attached hydrogens (tertiary/aromatic N) is 3. The molecule has 1 fully saturated rings. The Labute approximate surface area is 162 Å². The van der Waals surface area contributed by atoms with Gasteiger partial charge in [-0.3, -0.25) is 4.79 Å². The van der Waals surface area contributed by atoms with E-state index in [9.17, 15) is 9.18 Å². The van der Waals surface area contributed by atoms with Crippen LogP contribution in [0.15, 0.2) is 52.9 Å². The molecule has 28 heavy (non-hydrogen) atoms. The molecule has 0 radical (unpaired) electrons. The molecule has 3 aromatic rings. The van der Waals surface area contributed by atoms with Gasteiger partial charge in [0.2, 0.25) is 5.89 Å². The second kappa shape index (κ2) is 7.80. The summed E-state index contributed by atoms with van der Waals surface area (Å²) in [5.41, 5.74) is 1.53. The third-order valence-corrected chi connectivity index (χ3v) is 4.90. The second-order valence-corrected chi connectivity index (χ2v) is 6.90. The molecule has 1 aromatic heterocycles. The lowest BCUT2D eigenvalue weighted by atomic mass is 10.1. The zero-order chi connectivity index (χ0) is 19.5. The fourth-order valence-corrected chi connectivity index (χ4v) is 3.26. The summed E-state index contributed by atoms with van der Waals surface area (Å²) in [6, 6.07) is 13.6. The van der Waals surface area contributed by atoms with Crippen molar-refractivity contribution in [2.75, 3.05) is 18.0 Å². The largest absolute Gasteiger partial charge is 0.405 e. The minimum atomic E-state index is -0.623. The number of hydrogen-bond acceptors (Lipinski definition) is 5. The number of hydrogen-bond donors (Lipinski definition) is 1. The fourth-order valence-electron chi connectivity index (χ4n) is 3.26. The number of carbonyl (C=O) groups is 1. The maximum absolute atomic E-state index is 13.9. The van der Waals surface area contributed by atoms with E-state index in [1.165, 1.54) is 6.07 Å². The number of halogens is 1. The van der Waals surface area contributed by atoms with E-state index in [1.807, 2.05) is 35.2 Å². The van der Waals surface area contributed by atoms with E-state index in [2.05, 4.69) is 15.5 Å². The normalized spacial score (nSPS) is 14.9. The standard InChI is InChI=1S/C21H21FN4O2/c1-14-9-10-16(13-17(14)22)19(27)23-18(15-7-3-2-4-8-15)20-24-25-21(28-20)26-11-5-6-12-26/h2-4,7-10,13,18H,5-6,11-12H2,1H3,(H,23,27). The van der Waals surface area contributed by atoms with Crippen molar-refractivity contribution in [3.05, 3.63) is 76.9 Å². The van der Waals surface area contributed by atoms with Crippen molar-refractivity contribution in [2.24, 2.45) is 0 Å². The van der Waals surface area contributed by atoms with Gasteiger partial charge >= 0.3 is 6.01 Å². The maximum atomic E-state index is 13.9. The molecule has 0 aliphatic carbocycles. The highest BCUT2D eigenvalue weighted by atomic mass is 19.1. The Bertz CT molecular complexity index is 968. The van der Waals surface area contributed by atoms with Gasteiger partial charge in [-0.1, -0.05) is 41.5 Å². The molecule has 2 heterocycles. The topological polar surface area (TPSA) is 71.3 Å². The molecule has 1 N–H and O–H groups in total. The summed E-state index contributed by atoms with van der Waals surface area (Å²) < 4.78 is 19.8. The molecule has 1 atom stereocenters. The van der Waals surface area contributed by atoms with Crippen LogP contribution >= 0.6 is 0 Å². The molecule has 7 heteroatoms. The van der Waals surface area contributed by atoms with E-state index < -0.39 is 17.8 Å². The highest BCUT2D eigenvalue weighted by molar-refractivity contribution is 5.94. The summed E-state index contributed by atoms with van der Waals surface area (Å²) in [5, 5.41) is 11.2. The van der Waals surface area contributed by atoms with E-state index >= 15 is 0 Å². The SMILES string of the molecule is Cc1ccc(C(=O)NC(c2ccccc2)c2nnc(N3CCCC3)o2)cc1F. The molecule has 0 saturated carbocycles. The Hall–Kier alpha value is -3.22. The number of amides is 1. The Morgan fingerprint density at radius 2 is 1.89 bits per heavy atom. The molecule has 1 saturated heterocycles. The van der Waals surface area contributed by atoms with Crippen LogP contribution < -0.4 is 10.2 Å². The van der Waals surface area contributed by atoms with Gasteiger partial charge in [0.1, 0.15) is 11.9 Å². The highest BCUT2D eigenvalue weighted by Crippen LogP contribution is 2.26. The number of carbonyl (C=O) groups excluding carboxylic acids is 1. The van der Waals surface area contributed by atoms with Gasteiger partial charge in [-0.2, -0.15) is 0 Å². The van der Waals surface area contributed by atoms with Gasteiger partial charge in [0.05, 0.1) is 0 Å². The van der Waals surface area contributed by atoms with E-state index in [-0.39, 0.29) is 5.56 Å². The van der Waals surface area contributed by atoms with Crippen LogP contribution in [0, 0.1) is 12.7 Å². The molecular weight excluding hydrogens is 359 g/mol. The molecule has 1 aliphatic rings. The minimum absolute atomic E-state index is 0.239. The number of benzene rings is 2. The monoisotopic (exact) mass is 380 g/mol. The summed E-state index contributed by atoms with van der Waals surface area (Å²) in [6.07, 6.45) is 2.19. The second-order valence-electron chi connectivity index (χ2n) is 6.90. The van der Waals surface area contributed by atoms with Crippen LogP contribution in [0.3, 0.4) is 0 Å². The number of rotatable bonds is 5. The lowest BCUT2D eigenvalue weighted by Gasteiger charge is -2.16. The van der Waals surface area contributed by atoms with E-state index in [4.69, 9.17) is 4.42 Å². The smallest absolute Gasteiger partial charge is 0.318 e. The fraction of sp³-hybridized carbons (Fsp3) is 0.286. The Morgan fingerprint density at radius 3 is 2.61 bits per heavy atom. The number of anilines is 1. The van der Waals surface area contributed by atoms with Crippen LogP contribution in [0.4, 0.5) is 10.4 Å². The lowest BCUT2D eigenvalue weighted by molar-refractivity contribution is 0.0937. The first kappa shape index (κ1) is 18.2. The van der Waals surface area contributed by atoms with Crippen molar-refractivity contribution in [3.63, 3.8) is 0 Å². The molecule has 144 valence electrons. The van der Waals surface area contributed by atoms with Crippen molar-refractivity contribution >= 4 is 11.9 Å². The van der Waals surface area contributed by atoms with Gasteiger partial charge in [0.25, 0.3) is 5.91 Å². The zero-order valence-corrected chi connectivity index (χ0v) is 15.6. The first-order valence-corrected chi connectivity index (χ1v) is 9.32. The van der Waals surface area contributed by atoms with Crippen LogP contribution in [0.1, 0.15) is 46.3 Å². The average molecular weight is 380 g/mol. The minimum Gasteiger partial charge on any atom is -0.405 e. The lowest BCUT2D eigenvalue weighted by Crippen LogP contribution is -2.29. The van der Waals surface area contributed by atoms with Crippen molar-refractivity contribution in [2.45, 2.75) is 25.8 Å². The van der Waals surface area contributed by atoms with Gasteiger partial charge in [-0.25, -0.2) is 4.39 Å². The number of aromatic nitrogens is 2. The van der Waals surface area contributed by atoms with Crippen molar-refractivity contribution in [1.29, 1.82) is 0 Å². The van der Waals surface area contributed by atoms with E-state index in [0.717, 1.165) is 31.5 Å². The molecule has 1 amide bonds. The summed E-state index contributed by atoms with van der Waals surface area (Å²) in [4.78, 5) is 14.8. The van der Waals surface area contributed by atoms with Gasteiger partial charge in [0.15, 0.2) is 0 Å². The predicted molar refractivity (Wildman–Crippen MR) is 103 cm³/mol. The van der Waals surface area contributed by atoms with E-state index in [1.54, 1.807) is 19.1 Å². The zero-order valence-electron chi connectivity index (χ0n) is 15.6. The highest BCUT2D eigenvalue weighted by Gasteiger charge is 2.26. The Kier molecular flexibility index (Phi) is 5.06. The van der Waals surface area contributed by atoms with Gasteiger partial charge in [0, 0.05) is 18.7 Å². The van der Waals surface area contributed by atoms with Crippen molar-refractivity contribution in [1.82, 2.24) is 15.5 Å². The number of nitrogens with one attached hydrogen (secondary N) is 1. The van der Waals surface area contributed by atoms with Gasteiger partial charge in [-0.05, 0) is 43.0 Å². The third-order valence-electron chi connectivity index (χ3n) is 4.90. The Morgan fingerprint density at radius 1 is 1.14 bits per heavy atom. The molecular formula is C21H21FN4O2. The van der Waals surface area contributed by atoms with E-state index in [0.29, 0.717) is 17.5 Å². The van der Waals surface area contributed by atoms with Crippen LogP contribution in [-0.2, 0) is 0 Å². The quantitative estimate of drug-likeness (QED) is 0.732. The van der Waals surface area contributed by atoms with Crippen LogP contribution in [0.5, 0.6) is 0 Å². The first-order valence-electron chi connectivity index (χ1n) is 9.32. The van der Waals surface area contributed by atoms with Gasteiger partial charge < -0.3 is 14.6 Å². The summed E-state index contributed by atoms with van der Waals surface area (Å²) in [6.45, 7) is 3.42. The van der Waals surface area contributed by atoms with Crippen LogP contribution in [-0.4, -0.2) is 29.2 Å². The molecule has 6 nitrogen and oxygen atoms in total. The van der Waals surface area contributed by atoms with Crippen LogP contribution in [0.25, 0.3) is 0 Å². The third kappa shape index (κ3) is 3.74. The van der Waals surface area contributed by atoms with Crippen molar-refractivity contribution < 1.29 is 13.6 Å². The average Bonchev–Trinajstić information content (AvgIpc) is 3.40. The molecule has 4 rings (SSSR count). The molecule has 0 bridgehead atoms. The van der Waals surface area contributed by atoms with Crippen LogP contribution in [0.2, 0.25) is 0 Å². The summed E-state index contributed by atoms with van der Waals surface area (Å²) >= 11 is 0. The Balaban J connectivity index is 1.62. The molecule has 1 unspecified atom stereocenters. The molecule has 2 aromatic carbocycles. The molecule has 0 spiro atoms. The van der Waals surface area contributed by atoms with Gasteiger partial charge in [-0.15, -0.1) is 5.10 Å². The predicted octanol–water partition coefficient (Wildman–Crippen LogP) is 3.64.